The Bertz CT molecular complexity index is 1530. The number of carboxylic acid groups (broad SMARTS) is 1. The minimum atomic E-state index is -0.960. The summed E-state index contributed by atoms with van der Waals surface area (Å²) in [5, 5.41) is 12.9. The monoisotopic (exact) mass is 546 g/mol. The van der Waals surface area contributed by atoms with Gasteiger partial charge < -0.3 is 9.52 Å². The van der Waals surface area contributed by atoms with E-state index in [1.54, 1.807) is 12.1 Å². The lowest BCUT2D eigenvalue weighted by Crippen LogP contribution is -1.99. The van der Waals surface area contributed by atoms with Crippen molar-refractivity contribution in [2.75, 3.05) is 0 Å². The fourth-order valence-electron chi connectivity index (χ4n) is 3.79. The molecule has 0 fully saturated rings. The van der Waals surface area contributed by atoms with Crippen molar-refractivity contribution in [3.8, 4) is 11.3 Å². The van der Waals surface area contributed by atoms with E-state index in [0.717, 1.165) is 36.8 Å². The lowest BCUT2D eigenvalue weighted by molar-refractivity contribution is 0.0696. The maximum absolute atomic E-state index is 11.5. The first-order valence-corrected chi connectivity index (χ1v) is 11.5. The molecule has 0 bridgehead atoms. The Kier molecular flexibility index (Phi) is 5.45. The molecule has 0 aliphatic rings. The van der Waals surface area contributed by atoms with Crippen LogP contribution in [0.5, 0.6) is 0 Å². The van der Waals surface area contributed by atoms with Crippen molar-refractivity contribution in [3.05, 3.63) is 104 Å². The minimum Gasteiger partial charge on any atom is -0.478 e. The largest absolute Gasteiger partial charge is 0.478 e. The zero-order valence-electron chi connectivity index (χ0n) is 16.7. The predicted molar refractivity (Wildman–Crippen MR) is 137 cm³/mol. The highest BCUT2D eigenvalue weighted by molar-refractivity contribution is 9.10. The molecule has 0 atom stereocenters. The molecule has 0 aliphatic heterocycles. The second-order valence-electron chi connectivity index (χ2n) is 7.42. The van der Waals surface area contributed by atoms with Gasteiger partial charge in [0.2, 0.25) is 0 Å². The smallest absolute Gasteiger partial charge is 0.336 e. The number of rotatable bonds is 4. The SMILES string of the molecule is O=C(O)c1cc(Br)ccc1/C=C/c1ccc(-c2cc3c(ccc4ccccc43)o2)cc1Br. The predicted octanol–water partition coefficient (Wildman–Crippen LogP) is 8.65. The van der Waals surface area contributed by atoms with Crippen LogP contribution in [0.2, 0.25) is 0 Å². The molecule has 5 aromatic rings. The maximum atomic E-state index is 11.5. The quantitative estimate of drug-likeness (QED) is 0.229. The molecule has 5 heteroatoms. The lowest BCUT2D eigenvalue weighted by atomic mass is 10.0. The summed E-state index contributed by atoms with van der Waals surface area (Å²) in [5.74, 6) is -0.161. The molecule has 4 aromatic carbocycles. The summed E-state index contributed by atoms with van der Waals surface area (Å²) in [4.78, 5) is 11.5. The summed E-state index contributed by atoms with van der Waals surface area (Å²) in [5.41, 5.74) is 3.65. The Morgan fingerprint density at radius 1 is 0.812 bits per heavy atom. The topological polar surface area (TPSA) is 50.4 Å². The van der Waals surface area contributed by atoms with Crippen LogP contribution in [0.15, 0.2) is 92.2 Å². The minimum absolute atomic E-state index is 0.248. The molecule has 156 valence electrons. The van der Waals surface area contributed by atoms with Gasteiger partial charge in [0.05, 0.1) is 5.56 Å². The van der Waals surface area contributed by atoms with Gasteiger partial charge in [-0.2, -0.15) is 0 Å². The van der Waals surface area contributed by atoms with Crippen LogP contribution in [0, 0.1) is 0 Å². The number of halogens is 2. The van der Waals surface area contributed by atoms with Crippen molar-refractivity contribution < 1.29 is 14.3 Å². The van der Waals surface area contributed by atoms with Crippen LogP contribution < -0.4 is 0 Å². The molecule has 5 rings (SSSR count). The summed E-state index contributed by atoms with van der Waals surface area (Å²) in [6.45, 7) is 0. The standard InChI is InChI=1S/C27H16Br2O3/c28-20-11-9-17(22(14-20)27(30)31)5-6-18-7-8-19(13-24(18)29)26-15-23-21-4-2-1-3-16(21)10-12-25(23)32-26/h1-15H,(H,30,31)/b6-5+. The molecule has 0 amide bonds. The van der Waals surface area contributed by atoms with Gasteiger partial charge in [-0.15, -0.1) is 0 Å². The second-order valence-corrected chi connectivity index (χ2v) is 9.19. The number of carbonyl (C=O) groups is 1. The number of hydrogen-bond donors (Lipinski definition) is 1. The molecule has 0 radical (unpaired) electrons. The number of carboxylic acids is 1. The summed E-state index contributed by atoms with van der Waals surface area (Å²) in [6, 6.07) is 25.6. The van der Waals surface area contributed by atoms with E-state index in [2.05, 4.69) is 56.1 Å². The van der Waals surface area contributed by atoms with E-state index in [0.29, 0.717) is 5.56 Å². The van der Waals surface area contributed by atoms with E-state index in [1.807, 2.05) is 54.6 Å². The number of aromatic carboxylic acids is 1. The normalized spacial score (nSPS) is 11.6. The van der Waals surface area contributed by atoms with Gasteiger partial charge in [0.1, 0.15) is 11.3 Å². The Hall–Kier alpha value is -3.15. The number of fused-ring (bicyclic) bond motifs is 3. The van der Waals surface area contributed by atoms with Gasteiger partial charge >= 0.3 is 5.97 Å². The highest BCUT2D eigenvalue weighted by Crippen LogP contribution is 2.34. The summed E-state index contributed by atoms with van der Waals surface area (Å²) in [6.07, 6.45) is 3.71. The number of benzene rings is 4. The molecule has 32 heavy (non-hydrogen) atoms. The molecule has 0 spiro atoms. The Morgan fingerprint density at radius 3 is 2.41 bits per heavy atom. The van der Waals surface area contributed by atoms with Crippen molar-refractivity contribution >= 4 is 71.7 Å². The summed E-state index contributed by atoms with van der Waals surface area (Å²) in [7, 11) is 0. The van der Waals surface area contributed by atoms with Crippen LogP contribution in [0.4, 0.5) is 0 Å². The zero-order chi connectivity index (χ0) is 22.2. The van der Waals surface area contributed by atoms with Crippen LogP contribution in [0.3, 0.4) is 0 Å². The van der Waals surface area contributed by atoms with Gasteiger partial charge in [-0.3, -0.25) is 0 Å². The van der Waals surface area contributed by atoms with Gasteiger partial charge in [0, 0.05) is 19.9 Å². The molecule has 0 unspecified atom stereocenters. The highest BCUT2D eigenvalue weighted by Gasteiger charge is 2.11. The van der Waals surface area contributed by atoms with E-state index >= 15 is 0 Å². The first kappa shape index (κ1) is 20.7. The third-order valence-corrected chi connectivity index (χ3v) is 6.58. The van der Waals surface area contributed by atoms with Gasteiger partial charge in [-0.25, -0.2) is 4.79 Å². The van der Waals surface area contributed by atoms with Gasteiger partial charge in [0.15, 0.2) is 0 Å². The molecule has 1 N–H and O–H groups in total. The van der Waals surface area contributed by atoms with E-state index in [-0.39, 0.29) is 5.56 Å². The van der Waals surface area contributed by atoms with Crippen LogP contribution in [-0.2, 0) is 0 Å². The fraction of sp³-hybridized carbons (Fsp3) is 0. The van der Waals surface area contributed by atoms with Crippen molar-refractivity contribution in [2.45, 2.75) is 0 Å². The first-order chi connectivity index (χ1) is 15.5. The number of hydrogen-bond acceptors (Lipinski definition) is 2. The van der Waals surface area contributed by atoms with Crippen LogP contribution in [-0.4, -0.2) is 11.1 Å². The molecular formula is C27H16Br2O3. The van der Waals surface area contributed by atoms with Crippen molar-refractivity contribution in [1.29, 1.82) is 0 Å². The summed E-state index contributed by atoms with van der Waals surface area (Å²) >= 11 is 6.97. The molecule has 0 aliphatic carbocycles. The van der Waals surface area contributed by atoms with Crippen LogP contribution in [0.25, 0.3) is 45.2 Å². The molecule has 0 saturated carbocycles. The number of furan rings is 1. The summed E-state index contributed by atoms with van der Waals surface area (Å²) < 4.78 is 7.76. The molecule has 0 saturated heterocycles. The highest BCUT2D eigenvalue weighted by atomic mass is 79.9. The van der Waals surface area contributed by atoms with E-state index in [1.165, 1.54) is 10.8 Å². The van der Waals surface area contributed by atoms with Crippen molar-refractivity contribution in [2.24, 2.45) is 0 Å². The Balaban J connectivity index is 1.49. The van der Waals surface area contributed by atoms with Crippen LogP contribution in [0.1, 0.15) is 21.5 Å². The van der Waals surface area contributed by atoms with E-state index in [4.69, 9.17) is 4.42 Å². The first-order valence-electron chi connectivity index (χ1n) is 9.92. The van der Waals surface area contributed by atoms with Crippen molar-refractivity contribution in [3.63, 3.8) is 0 Å². The molecule has 1 heterocycles. The third-order valence-electron chi connectivity index (χ3n) is 5.40. The van der Waals surface area contributed by atoms with Gasteiger partial charge in [0.25, 0.3) is 0 Å². The van der Waals surface area contributed by atoms with Crippen LogP contribution >= 0.6 is 31.9 Å². The molecular weight excluding hydrogens is 532 g/mol. The maximum Gasteiger partial charge on any atom is 0.336 e. The van der Waals surface area contributed by atoms with E-state index < -0.39 is 5.97 Å². The second kappa shape index (κ2) is 8.41. The van der Waals surface area contributed by atoms with Gasteiger partial charge in [-0.1, -0.05) is 92.5 Å². The molecule has 1 aromatic heterocycles. The van der Waals surface area contributed by atoms with Gasteiger partial charge in [-0.05, 0) is 52.2 Å². The Labute approximate surface area is 201 Å². The van der Waals surface area contributed by atoms with Crippen molar-refractivity contribution in [1.82, 2.24) is 0 Å². The average molecular weight is 548 g/mol. The Morgan fingerprint density at radius 2 is 1.59 bits per heavy atom. The average Bonchev–Trinajstić information content (AvgIpc) is 3.24. The lowest BCUT2D eigenvalue weighted by Gasteiger charge is -2.04. The third kappa shape index (κ3) is 3.90. The zero-order valence-corrected chi connectivity index (χ0v) is 19.9. The molecule has 3 nitrogen and oxygen atoms in total. The fourth-order valence-corrected chi connectivity index (χ4v) is 4.66. The van der Waals surface area contributed by atoms with E-state index in [9.17, 15) is 9.90 Å².